The molecule has 2 N–H and O–H groups in total. The van der Waals surface area contributed by atoms with Crippen LogP contribution in [0.15, 0.2) is 4.99 Å². The molecule has 0 amide bonds. The Morgan fingerprint density at radius 1 is 1.33 bits per heavy atom. The number of aliphatic imine (C=N–C) groups is 1. The Hall–Kier alpha value is -0.820. The predicted molar refractivity (Wildman–Crippen MR) is 86.4 cm³/mol. The van der Waals surface area contributed by atoms with Crippen molar-refractivity contribution in [3.8, 4) is 0 Å². The van der Waals surface area contributed by atoms with Gasteiger partial charge in [-0.2, -0.15) is 0 Å². The lowest BCUT2D eigenvalue weighted by atomic mass is 10.1. The van der Waals surface area contributed by atoms with Gasteiger partial charge in [0.1, 0.15) is 0 Å². The van der Waals surface area contributed by atoms with Crippen molar-refractivity contribution in [3.05, 3.63) is 0 Å². The third-order valence-corrected chi connectivity index (χ3v) is 5.32. The Morgan fingerprint density at radius 3 is 2.67 bits per heavy atom. The van der Waals surface area contributed by atoms with Gasteiger partial charge in [0, 0.05) is 26.7 Å². The van der Waals surface area contributed by atoms with E-state index in [1.165, 1.54) is 0 Å². The first-order valence-corrected chi connectivity index (χ1v) is 9.48. The molecule has 0 aromatic carbocycles. The summed E-state index contributed by atoms with van der Waals surface area (Å²) in [6.07, 6.45) is 1.81. The first-order chi connectivity index (χ1) is 9.93. The summed E-state index contributed by atoms with van der Waals surface area (Å²) in [7, 11) is -1.10. The SMILES string of the molecule is CN=C(NCCOCCC(C)C)NCC1CCS(=O)(=O)C1. The monoisotopic (exact) mass is 319 g/mol. The van der Waals surface area contributed by atoms with Crippen molar-refractivity contribution in [1.29, 1.82) is 0 Å². The fourth-order valence-corrected chi connectivity index (χ4v) is 4.02. The summed E-state index contributed by atoms with van der Waals surface area (Å²) in [5, 5.41) is 6.34. The van der Waals surface area contributed by atoms with Crippen LogP contribution in [0.25, 0.3) is 0 Å². The predicted octanol–water partition coefficient (Wildman–Crippen LogP) is 0.649. The van der Waals surface area contributed by atoms with Gasteiger partial charge in [0.25, 0.3) is 0 Å². The van der Waals surface area contributed by atoms with Crippen molar-refractivity contribution in [3.63, 3.8) is 0 Å². The minimum absolute atomic E-state index is 0.191. The Bertz CT molecular complexity index is 421. The molecule has 0 aromatic heterocycles. The number of hydrogen-bond acceptors (Lipinski definition) is 4. The second-order valence-electron chi connectivity index (χ2n) is 5.94. The van der Waals surface area contributed by atoms with E-state index in [0.29, 0.717) is 37.3 Å². The van der Waals surface area contributed by atoms with Crippen LogP contribution in [0.3, 0.4) is 0 Å². The van der Waals surface area contributed by atoms with Crippen molar-refractivity contribution in [2.24, 2.45) is 16.8 Å². The number of nitrogens with one attached hydrogen (secondary N) is 2. The van der Waals surface area contributed by atoms with E-state index in [0.717, 1.165) is 19.4 Å². The van der Waals surface area contributed by atoms with Gasteiger partial charge in [0.15, 0.2) is 15.8 Å². The summed E-state index contributed by atoms with van der Waals surface area (Å²) in [5.41, 5.74) is 0. The maximum absolute atomic E-state index is 11.4. The second-order valence-corrected chi connectivity index (χ2v) is 8.17. The van der Waals surface area contributed by atoms with Gasteiger partial charge in [-0.25, -0.2) is 8.42 Å². The first kappa shape index (κ1) is 18.2. The highest BCUT2D eigenvalue weighted by molar-refractivity contribution is 7.91. The molecule has 6 nitrogen and oxygen atoms in total. The third-order valence-electron chi connectivity index (χ3n) is 3.49. The third kappa shape index (κ3) is 8.26. The molecule has 1 heterocycles. The number of rotatable bonds is 8. The summed E-state index contributed by atoms with van der Waals surface area (Å²) in [6.45, 7) is 7.12. The molecule has 0 spiro atoms. The zero-order valence-electron chi connectivity index (χ0n) is 13.4. The molecular formula is C14H29N3O3S. The van der Waals surface area contributed by atoms with Crippen LogP contribution in [-0.4, -0.2) is 59.2 Å². The van der Waals surface area contributed by atoms with E-state index < -0.39 is 9.84 Å². The molecule has 1 rings (SSSR count). The maximum atomic E-state index is 11.4. The zero-order valence-corrected chi connectivity index (χ0v) is 14.2. The molecular weight excluding hydrogens is 290 g/mol. The fraction of sp³-hybridized carbons (Fsp3) is 0.929. The van der Waals surface area contributed by atoms with Crippen LogP contribution in [0.5, 0.6) is 0 Å². The van der Waals surface area contributed by atoms with Gasteiger partial charge in [-0.1, -0.05) is 13.8 Å². The van der Waals surface area contributed by atoms with Gasteiger partial charge in [0.2, 0.25) is 0 Å². The highest BCUT2D eigenvalue weighted by atomic mass is 32.2. The van der Waals surface area contributed by atoms with Crippen LogP contribution < -0.4 is 10.6 Å². The number of nitrogens with zero attached hydrogens (tertiary/aromatic N) is 1. The van der Waals surface area contributed by atoms with Gasteiger partial charge >= 0.3 is 0 Å². The minimum Gasteiger partial charge on any atom is -0.380 e. The second kappa shape index (κ2) is 9.25. The van der Waals surface area contributed by atoms with Crippen LogP contribution in [0.1, 0.15) is 26.7 Å². The van der Waals surface area contributed by atoms with E-state index in [9.17, 15) is 8.42 Å². The Kier molecular flexibility index (Phi) is 8.03. The summed E-state index contributed by atoms with van der Waals surface area (Å²) < 4.78 is 28.3. The van der Waals surface area contributed by atoms with Crippen LogP contribution in [0.2, 0.25) is 0 Å². The van der Waals surface area contributed by atoms with Crippen molar-refractivity contribution < 1.29 is 13.2 Å². The molecule has 124 valence electrons. The van der Waals surface area contributed by atoms with Crippen LogP contribution in [0, 0.1) is 11.8 Å². The summed E-state index contributed by atoms with van der Waals surface area (Å²) in [4.78, 5) is 4.12. The average Bonchev–Trinajstić information content (AvgIpc) is 2.76. The van der Waals surface area contributed by atoms with Crippen LogP contribution >= 0.6 is 0 Å². The molecule has 1 atom stereocenters. The summed E-state index contributed by atoms with van der Waals surface area (Å²) >= 11 is 0. The molecule has 0 bridgehead atoms. The van der Waals surface area contributed by atoms with Crippen LogP contribution in [-0.2, 0) is 14.6 Å². The van der Waals surface area contributed by atoms with Gasteiger partial charge in [0.05, 0.1) is 18.1 Å². The standard InChI is InChI=1S/C14H29N3O3S/c1-12(2)4-7-20-8-6-16-14(15-3)17-10-13-5-9-21(18,19)11-13/h12-13H,4-11H2,1-3H3,(H2,15,16,17). The molecule has 1 saturated heterocycles. The lowest BCUT2D eigenvalue weighted by Crippen LogP contribution is -2.41. The van der Waals surface area contributed by atoms with E-state index in [4.69, 9.17) is 4.74 Å². The topological polar surface area (TPSA) is 79.8 Å². The lowest BCUT2D eigenvalue weighted by molar-refractivity contribution is 0.128. The molecule has 7 heteroatoms. The molecule has 0 aliphatic carbocycles. The fourth-order valence-electron chi connectivity index (χ4n) is 2.16. The van der Waals surface area contributed by atoms with Crippen molar-refractivity contribution in [1.82, 2.24) is 10.6 Å². The molecule has 0 saturated carbocycles. The molecule has 0 radical (unpaired) electrons. The summed E-state index contributed by atoms with van der Waals surface area (Å²) in [5.74, 6) is 2.15. The van der Waals surface area contributed by atoms with Crippen molar-refractivity contribution in [2.45, 2.75) is 26.7 Å². The van der Waals surface area contributed by atoms with E-state index in [1.54, 1.807) is 7.05 Å². The molecule has 1 unspecified atom stereocenters. The van der Waals surface area contributed by atoms with E-state index >= 15 is 0 Å². The van der Waals surface area contributed by atoms with E-state index in [-0.39, 0.29) is 11.7 Å². The number of guanidine groups is 1. The highest BCUT2D eigenvalue weighted by Gasteiger charge is 2.27. The Balaban J connectivity index is 2.10. The Morgan fingerprint density at radius 2 is 2.10 bits per heavy atom. The molecule has 1 aliphatic heterocycles. The Labute approximate surface area is 128 Å². The number of ether oxygens (including phenoxy) is 1. The normalized spacial score (nSPS) is 21.7. The maximum Gasteiger partial charge on any atom is 0.191 e. The highest BCUT2D eigenvalue weighted by Crippen LogP contribution is 2.17. The van der Waals surface area contributed by atoms with E-state index in [2.05, 4.69) is 29.5 Å². The molecule has 21 heavy (non-hydrogen) atoms. The molecule has 0 aromatic rings. The van der Waals surface area contributed by atoms with Gasteiger partial charge in [-0.05, 0) is 24.7 Å². The zero-order chi connectivity index (χ0) is 15.7. The van der Waals surface area contributed by atoms with Gasteiger partial charge in [-0.15, -0.1) is 0 Å². The molecule has 1 aliphatic rings. The smallest absolute Gasteiger partial charge is 0.191 e. The van der Waals surface area contributed by atoms with E-state index in [1.807, 2.05) is 0 Å². The van der Waals surface area contributed by atoms with Gasteiger partial charge in [-0.3, -0.25) is 4.99 Å². The average molecular weight is 319 g/mol. The van der Waals surface area contributed by atoms with Crippen LogP contribution in [0.4, 0.5) is 0 Å². The largest absolute Gasteiger partial charge is 0.380 e. The van der Waals surface area contributed by atoms with Gasteiger partial charge < -0.3 is 15.4 Å². The molecule has 1 fully saturated rings. The minimum atomic E-state index is -2.80. The quantitative estimate of drug-likeness (QED) is 0.390. The van der Waals surface area contributed by atoms with Crippen molar-refractivity contribution in [2.75, 3.05) is 44.9 Å². The number of sulfone groups is 1. The first-order valence-electron chi connectivity index (χ1n) is 7.65. The lowest BCUT2D eigenvalue weighted by Gasteiger charge is -2.14. The summed E-state index contributed by atoms with van der Waals surface area (Å²) in [6, 6.07) is 0. The number of hydrogen-bond donors (Lipinski definition) is 2. The van der Waals surface area contributed by atoms with Crippen molar-refractivity contribution >= 4 is 15.8 Å².